The van der Waals surface area contributed by atoms with Gasteiger partial charge in [-0.15, -0.1) is 0 Å². The van der Waals surface area contributed by atoms with Crippen LogP contribution in [0.3, 0.4) is 0 Å². The van der Waals surface area contributed by atoms with Crippen LogP contribution in [0.5, 0.6) is 0 Å². The van der Waals surface area contributed by atoms with Crippen LogP contribution in [-0.4, -0.2) is 31.0 Å². The third-order valence-electron chi connectivity index (χ3n) is 5.46. The molecule has 0 bridgehead atoms. The molecule has 2 aromatic rings. The Morgan fingerprint density at radius 3 is 2.54 bits per heavy atom. The average molecular weight is 438 g/mol. The normalized spacial score (nSPS) is 19.6. The molecule has 0 aliphatic carbocycles. The largest absolute Gasteiger partial charge is 0.371 e. The summed E-state index contributed by atoms with van der Waals surface area (Å²) in [5, 5.41) is 9.06. The van der Waals surface area contributed by atoms with E-state index in [1.807, 2.05) is 30.3 Å². The number of likely N-dealkylation sites (N-methyl/N-ethyl adjacent to an activating group) is 1. The van der Waals surface area contributed by atoms with E-state index in [2.05, 4.69) is 28.5 Å². The van der Waals surface area contributed by atoms with Crippen molar-refractivity contribution in [2.45, 2.75) is 31.8 Å². The maximum absolute atomic E-state index is 6.33. The van der Waals surface area contributed by atoms with Gasteiger partial charge < -0.3 is 15.5 Å². The van der Waals surface area contributed by atoms with Gasteiger partial charge in [-0.05, 0) is 62.7 Å². The summed E-state index contributed by atoms with van der Waals surface area (Å²) in [6.45, 7) is 5.41. The molecule has 0 unspecified atom stereocenters. The summed E-state index contributed by atoms with van der Waals surface area (Å²) < 4.78 is 0. The second kappa shape index (κ2) is 8.11. The Bertz CT molecular complexity index is 907. The standard InChI is InChI=1S/C21H23Cl3N4/c1-2-28-19-12-17(24)16(23)11-18(19)27-21(6-8-25-9-7-21)20(28)26-13-14-4-3-5-15(22)10-14/h3-5,10-12,25,27H,2,6-9,13H2,1H3. The molecule has 2 N–H and O–H groups in total. The lowest BCUT2D eigenvalue weighted by molar-refractivity contribution is 0.414. The van der Waals surface area contributed by atoms with E-state index in [4.69, 9.17) is 39.8 Å². The second-order valence-corrected chi connectivity index (χ2v) is 8.51. The Kier molecular flexibility index (Phi) is 5.75. The van der Waals surface area contributed by atoms with Gasteiger partial charge in [-0.1, -0.05) is 46.9 Å². The van der Waals surface area contributed by atoms with Crippen molar-refractivity contribution in [3.63, 3.8) is 0 Å². The first kappa shape index (κ1) is 19.8. The highest BCUT2D eigenvalue weighted by Gasteiger charge is 2.44. The summed E-state index contributed by atoms with van der Waals surface area (Å²) in [5.74, 6) is 1.06. The lowest BCUT2D eigenvalue weighted by Gasteiger charge is -2.48. The minimum atomic E-state index is -0.218. The predicted molar refractivity (Wildman–Crippen MR) is 121 cm³/mol. The summed E-state index contributed by atoms with van der Waals surface area (Å²) in [5.41, 5.74) is 2.91. The highest BCUT2D eigenvalue weighted by molar-refractivity contribution is 6.42. The number of hydrogen-bond donors (Lipinski definition) is 2. The first-order valence-electron chi connectivity index (χ1n) is 9.57. The average Bonchev–Trinajstić information content (AvgIpc) is 2.68. The second-order valence-electron chi connectivity index (χ2n) is 7.25. The van der Waals surface area contributed by atoms with E-state index in [1.54, 1.807) is 0 Å². The van der Waals surface area contributed by atoms with Gasteiger partial charge in [0, 0.05) is 11.6 Å². The number of anilines is 2. The quantitative estimate of drug-likeness (QED) is 0.654. The Balaban J connectivity index is 1.79. The van der Waals surface area contributed by atoms with E-state index >= 15 is 0 Å². The molecule has 148 valence electrons. The van der Waals surface area contributed by atoms with Crippen LogP contribution in [0.1, 0.15) is 25.3 Å². The Hall–Kier alpha value is -1.46. The summed E-state index contributed by atoms with van der Waals surface area (Å²) in [6.07, 6.45) is 1.91. The minimum Gasteiger partial charge on any atom is -0.371 e. The van der Waals surface area contributed by atoms with Crippen LogP contribution in [0.25, 0.3) is 0 Å². The molecule has 2 aliphatic heterocycles. The van der Waals surface area contributed by atoms with Crippen LogP contribution in [0.4, 0.5) is 11.4 Å². The van der Waals surface area contributed by atoms with Crippen molar-refractivity contribution < 1.29 is 0 Å². The van der Waals surface area contributed by atoms with E-state index in [9.17, 15) is 0 Å². The molecule has 0 aromatic heterocycles. The highest BCUT2D eigenvalue weighted by atomic mass is 35.5. The smallest absolute Gasteiger partial charge is 0.130 e. The number of aliphatic imine (C=N–C) groups is 1. The molecule has 28 heavy (non-hydrogen) atoms. The fraction of sp³-hybridized carbons (Fsp3) is 0.381. The molecule has 4 rings (SSSR count). The monoisotopic (exact) mass is 436 g/mol. The molecule has 2 aliphatic rings. The zero-order valence-corrected chi connectivity index (χ0v) is 18.0. The Morgan fingerprint density at radius 2 is 1.82 bits per heavy atom. The topological polar surface area (TPSA) is 39.7 Å². The molecule has 7 heteroatoms. The van der Waals surface area contributed by atoms with Gasteiger partial charge in [0.1, 0.15) is 5.84 Å². The fourth-order valence-electron chi connectivity index (χ4n) is 4.11. The Morgan fingerprint density at radius 1 is 1.07 bits per heavy atom. The molecular formula is C21H23Cl3N4. The van der Waals surface area contributed by atoms with Crippen molar-refractivity contribution in [2.75, 3.05) is 29.9 Å². The number of benzene rings is 2. The van der Waals surface area contributed by atoms with Gasteiger partial charge in [0.15, 0.2) is 0 Å². The number of nitrogens with one attached hydrogen (secondary N) is 2. The van der Waals surface area contributed by atoms with Crippen molar-refractivity contribution in [1.29, 1.82) is 0 Å². The van der Waals surface area contributed by atoms with Crippen molar-refractivity contribution >= 4 is 52.0 Å². The molecule has 0 atom stereocenters. The van der Waals surface area contributed by atoms with Crippen LogP contribution in [0.15, 0.2) is 41.4 Å². The molecule has 0 radical (unpaired) electrons. The lowest BCUT2D eigenvalue weighted by atomic mass is 9.83. The van der Waals surface area contributed by atoms with Crippen molar-refractivity contribution in [2.24, 2.45) is 4.99 Å². The van der Waals surface area contributed by atoms with Gasteiger partial charge in [-0.25, -0.2) is 0 Å². The zero-order chi connectivity index (χ0) is 19.7. The van der Waals surface area contributed by atoms with Crippen LogP contribution >= 0.6 is 34.8 Å². The number of piperidine rings is 1. The first-order valence-corrected chi connectivity index (χ1v) is 10.7. The third-order valence-corrected chi connectivity index (χ3v) is 6.42. The van der Waals surface area contributed by atoms with Gasteiger partial charge in [0.25, 0.3) is 0 Å². The summed E-state index contributed by atoms with van der Waals surface area (Å²) >= 11 is 18.8. The maximum atomic E-state index is 6.33. The molecule has 2 aromatic carbocycles. The fourth-order valence-corrected chi connectivity index (χ4v) is 4.64. The summed E-state index contributed by atoms with van der Waals surface area (Å²) in [7, 11) is 0. The van der Waals surface area contributed by atoms with E-state index in [0.717, 1.165) is 60.3 Å². The van der Waals surface area contributed by atoms with Gasteiger partial charge in [0.2, 0.25) is 0 Å². The van der Waals surface area contributed by atoms with Gasteiger partial charge >= 0.3 is 0 Å². The van der Waals surface area contributed by atoms with Crippen molar-refractivity contribution in [3.05, 3.63) is 57.0 Å². The minimum absolute atomic E-state index is 0.218. The number of halogens is 3. The number of fused-ring (bicyclic) bond motifs is 1. The molecule has 1 fully saturated rings. The van der Waals surface area contributed by atoms with Crippen LogP contribution in [0, 0.1) is 0 Å². The molecule has 4 nitrogen and oxygen atoms in total. The molecule has 2 heterocycles. The highest BCUT2D eigenvalue weighted by Crippen LogP contribution is 2.43. The molecule has 1 spiro atoms. The zero-order valence-electron chi connectivity index (χ0n) is 15.7. The molecular weight excluding hydrogens is 415 g/mol. The third kappa shape index (κ3) is 3.71. The number of nitrogens with zero attached hydrogens (tertiary/aromatic N) is 2. The molecule has 1 saturated heterocycles. The number of rotatable bonds is 3. The number of amidine groups is 1. The number of hydrogen-bond acceptors (Lipinski definition) is 3. The van der Waals surface area contributed by atoms with Crippen molar-refractivity contribution in [1.82, 2.24) is 5.32 Å². The maximum Gasteiger partial charge on any atom is 0.130 e. The van der Waals surface area contributed by atoms with Gasteiger partial charge in [0.05, 0.1) is 33.5 Å². The van der Waals surface area contributed by atoms with Crippen LogP contribution in [-0.2, 0) is 6.54 Å². The van der Waals surface area contributed by atoms with Crippen LogP contribution < -0.4 is 15.5 Å². The van der Waals surface area contributed by atoms with Gasteiger partial charge in [-0.2, -0.15) is 0 Å². The first-order chi connectivity index (χ1) is 13.5. The van der Waals surface area contributed by atoms with E-state index in [0.29, 0.717) is 16.6 Å². The summed E-state index contributed by atoms with van der Waals surface area (Å²) in [6, 6.07) is 11.7. The predicted octanol–water partition coefficient (Wildman–Crippen LogP) is 5.62. The van der Waals surface area contributed by atoms with Crippen LogP contribution in [0.2, 0.25) is 15.1 Å². The SMILES string of the molecule is CCN1C(=NCc2cccc(Cl)c2)C2(CCNCC2)Nc2cc(Cl)c(Cl)cc21. The molecule has 0 amide bonds. The summed E-state index contributed by atoms with van der Waals surface area (Å²) in [4.78, 5) is 7.36. The van der Waals surface area contributed by atoms with E-state index in [1.165, 1.54) is 0 Å². The van der Waals surface area contributed by atoms with Gasteiger partial charge in [-0.3, -0.25) is 4.99 Å². The van der Waals surface area contributed by atoms with E-state index < -0.39 is 0 Å². The Labute approximate surface area is 180 Å². The van der Waals surface area contributed by atoms with Crippen molar-refractivity contribution in [3.8, 4) is 0 Å². The van der Waals surface area contributed by atoms with E-state index in [-0.39, 0.29) is 5.54 Å². The molecule has 0 saturated carbocycles. The lowest BCUT2D eigenvalue weighted by Crippen LogP contribution is -2.61.